The van der Waals surface area contributed by atoms with E-state index in [2.05, 4.69) is 10.6 Å². The van der Waals surface area contributed by atoms with Crippen molar-refractivity contribution < 1.29 is 9.18 Å². The van der Waals surface area contributed by atoms with Gasteiger partial charge in [0.25, 0.3) is 5.91 Å². The number of halogens is 1. The van der Waals surface area contributed by atoms with E-state index < -0.39 is 0 Å². The fourth-order valence-corrected chi connectivity index (χ4v) is 1.94. The molecule has 0 aliphatic rings. The molecular formula is C16H17FN2O. The Balaban J connectivity index is 2.07. The van der Waals surface area contributed by atoms with E-state index in [-0.39, 0.29) is 11.7 Å². The van der Waals surface area contributed by atoms with Gasteiger partial charge in [-0.3, -0.25) is 4.79 Å². The van der Waals surface area contributed by atoms with Gasteiger partial charge in [0, 0.05) is 19.3 Å². The van der Waals surface area contributed by atoms with Gasteiger partial charge in [-0.15, -0.1) is 0 Å². The summed E-state index contributed by atoms with van der Waals surface area (Å²) < 4.78 is 12.8. The molecule has 4 heteroatoms. The van der Waals surface area contributed by atoms with Crippen molar-refractivity contribution in [3.8, 4) is 0 Å². The summed E-state index contributed by atoms with van der Waals surface area (Å²) in [6, 6.07) is 11.7. The lowest BCUT2D eigenvalue weighted by Gasteiger charge is -2.11. The molecule has 0 radical (unpaired) electrons. The van der Waals surface area contributed by atoms with Crippen molar-refractivity contribution in [2.75, 3.05) is 12.4 Å². The van der Waals surface area contributed by atoms with Gasteiger partial charge in [-0.25, -0.2) is 4.39 Å². The molecule has 0 atom stereocenters. The van der Waals surface area contributed by atoms with Gasteiger partial charge in [0.05, 0.1) is 5.56 Å². The minimum absolute atomic E-state index is 0.154. The maximum atomic E-state index is 12.8. The zero-order chi connectivity index (χ0) is 14.5. The van der Waals surface area contributed by atoms with E-state index in [9.17, 15) is 9.18 Å². The first-order valence-electron chi connectivity index (χ1n) is 6.41. The molecule has 0 bridgehead atoms. The third kappa shape index (κ3) is 3.35. The SMILES string of the molecule is CNc1cc(C)ccc1C(=O)NCc1ccc(F)cc1. The molecule has 0 saturated carbocycles. The Labute approximate surface area is 117 Å². The molecule has 0 heterocycles. The number of nitrogens with one attached hydrogen (secondary N) is 2. The zero-order valence-electron chi connectivity index (χ0n) is 11.5. The minimum atomic E-state index is -0.281. The number of hydrogen-bond donors (Lipinski definition) is 2. The summed E-state index contributed by atoms with van der Waals surface area (Å²) in [6.07, 6.45) is 0. The third-order valence-corrected chi connectivity index (χ3v) is 3.06. The smallest absolute Gasteiger partial charge is 0.253 e. The predicted octanol–water partition coefficient (Wildman–Crippen LogP) is 3.11. The summed E-state index contributed by atoms with van der Waals surface area (Å²) in [7, 11) is 1.78. The Morgan fingerprint density at radius 1 is 1.15 bits per heavy atom. The van der Waals surface area contributed by atoms with Crippen molar-refractivity contribution in [2.45, 2.75) is 13.5 Å². The first-order chi connectivity index (χ1) is 9.60. The van der Waals surface area contributed by atoms with Crippen LogP contribution in [0.25, 0.3) is 0 Å². The van der Waals surface area contributed by atoms with Gasteiger partial charge in [0.2, 0.25) is 0 Å². The van der Waals surface area contributed by atoms with E-state index in [1.165, 1.54) is 12.1 Å². The summed E-state index contributed by atoms with van der Waals surface area (Å²) in [4.78, 5) is 12.2. The van der Waals surface area contributed by atoms with Gasteiger partial charge in [0.1, 0.15) is 5.82 Å². The van der Waals surface area contributed by atoms with Gasteiger partial charge in [-0.05, 0) is 42.3 Å². The number of hydrogen-bond acceptors (Lipinski definition) is 2. The Hall–Kier alpha value is -2.36. The second-order valence-corrected chi connectivity index (χ2v) is 4.61. The highest BCUT2D eigenvalue weighted by atomic mass is 19.1. The summed E-state index contributed by atoms with van der Waals surface area (Å²) in [5.74, 6) is -0.435. The summed E-state index contributed by atoms with van der Waals surface area (Å²) in [6.45, 7) is 2.34. The molecule has 104 valence electrons. The van der Waals surface area contributed by atoms with Crippen molar-refractivity contribution in [1.82, 2.24) is 5.32 Å². The molecule has 2 aromatic carbocycles. The fourth-order valence-electron chi connectivity index (χ4n) is 1.94. The highest BCUT2D eigenvalue weighted by molar-refractivity contribution is 5.99. The highest BCUT2D eigenvalue weighted by Gasteiger charge is 2.10. The van der Waals surface area contributed by atoms with Crippen molar-refractivity contribution in [3.05, 3.63) is 65.0 Å². The van der Waals surface area contributed by atoms with E-state index in [1.807, 2.05) is 19.1 Å². The lowest BCUT2D eigenvalue weighted by Crippen LogP contribution is -2.23. The molecule has 0 aliphatic heterocycles. The van der Waals surface area contributed by atoms with Crippen LogP contribution in [0.4, 0.5) is 10.1 Å². The van der Waals surface area contributed by atoms with E-state index >= 15 is 0 Å². The normalized spacial score (nSPS) is 10.2. The number of anilines is 1. The molecule has 0 fully saturated rings. The second-order valence-electron chi connectivity index (χ2n) is 4.61. The van der Waals surface area contributed by atoms with E-state index in [4.69, 9.17) is 0 Å². The number of carbonyl (C=O) groups excluding carboxylic acids is 1. The first kappa shape index (κ1) is 14.1. The topological polar surface area (TPSA) is 41.1 Å². The number of amides is 1. The van der Waals surface area contributed by atoms with Crippen LogP contribution in [0.1, 0.15) is 21.5 Å². The Morgan fingerprint density at radius 3 is 2.50 bits per heavy atom. The number of rotatable bonds is 4. The van der Waals surface area contributed by atoms with E-state index in [1.54, 1.807) is 25.2 Å². The summed E-state index contributed by atoms with van der Waals surface area (Å²) in [5.41, 5.74) is 3.34. The predicted molar refractivity (Wildman–Crippen MR) is 78.3 cm³/mol. The van der Waals surface area contributed by atoms with Crippen LogP contribution < -0.4 is 10.6 Å². The monoisotopic (exact) mass is 272 g/mol. The zero-order valence-corrected chi connectivity index (χ0v) is 11.5. The van der Waals surface area contributed by atoms with Crippen LogP contribution in [-0.2, 0) is 6.54 Å². The maximum absolute atomic E-state index is 12.8. The molecule has 20 heavy (non-hydrogen) atoms. The maximum Gasteiger partial charge on any atom is 0.253 e. The molecule has 1 amide bonds. The van der Waals surface area contributed by atoms with Crippen molar-refractivity contribution in [2.24, 2.45) is 0 Å². The molecular weight excluding hydrogens is 255 g/mol. The van der Waals surface area contributed by atoms with Crippen molar-refractivity contribution in [3.63, 3.8) is 0 Å². The van der Waals surface area contributed by atoms with Gasteiger partial charge in [-0.1, -0.05) is 18.2 Å². The Kier molecular flexibility index (Phi) is 4.35. The lowest BCUT2D eigenvalue weighted by atomic mass is 10.1. The third-order valence-electron chi connectivity index (χ3n) is 3.06. The number of aryl methyl sites for hydroxylation is 1. The lowest BCUT2D eigenvalue weighted by molar-refractivity contribution is 0.0951. The first-order valence-corrected chi connectivity index (χ1v) is 6.41. The molecule has 2 aromatic rings. The average molecular weight is 272 g/mol. The van der Waals surface area contributed by atoms with Gasteiger partial charge in [0.15, 0.2) is 0 Å². The standard InChI is InChI=1S/C16H17FN2O/c1-11-3-8-14(15(9-11)18-2)16(20)19-10-12-4-6-13(17)7-5-12/h3-9,18H,10H2,1-2H3,(H,19,20). The van der Waals surface area contributed by atoms with Gasteiger partial charge in [-0.2, -0.15) is 0 Å². The molecule has 0 spiro atoms. The van der Waals surface area contributed by atoms with Crippen LogP contribution in [-0.4, -0.2) is 13.0 Å². The van der Waals surface area contributed by atoms with Gasteiger partial charge >= 0.3 is 0 Å². The quantitative estimate of drug-likeness (QED) is 0.898. The fraction of sp³-hybridized carbons (Fsp3) is 0.188. The van der Waals surface area contributed by atoms with Gasteiger partial charge < -0.3 is 10.6 Å². The number of carbonyl (C=O) groups is 1. The van der Waals surface area contributed by atoms with Crippen LogP contribution in [0.2, 0.25) is 0 Å². The van der Waals surface area contributed by atoms with Crippen LogP contribution in [0.3, 0.4) is 0 Å². The largest absolute Gasteiger partial charge is 0.387 e. The molecule has 0 aliphatic carbocycles. The highest BCUT2D eigenvalue weighted by Crippen LogP contribution is 2.17. The Morgan fingerprint density at radius 2 is 1.85 bits per heavy atom. The summed E-state index contributed by atoms with van der Waals surface area (Å²) >= 11 is 0. The van der Waals surface area contributed by atoms with Crippen LogP contribution >= 0.6 is 0 Å². The summed E-state index contributed by atoms with van der Waals surface area (Å²) in [5, 5.41) is 5.84. The van der Waals surface area contributed by atoms with E-state index in [0.717, 1.165) is 16.8 Å². The van der Waals surface area contributed by atoms with E-state index in [0.29, 0.717) is 12.1 Å². The van der Waals surface area contributed by atoms with Crippen LogP contribution in [0.5, 0.6) is 0 Å². The number of benzene rings is 2. The van der Waals surface area contributed by atoms with Crippen LogP contribution in [0.15, 0.2) is 42.5 Å². The second kappa shape index (κ2) is 6.19. The van der Waals surface area contributed by atoms with Crippen molar-refractivity contribution >= 4 is 11.6 Å². The molecule has 2 rings (SSSR count). The van der Waals surface area contributed by atoms with Crippen molar-refractivity contribution in [1.29, 1.82) is 0 Å². The molecule has 2 N–H and O–H groups in total. The average Bonchev–Trinajstić information content (AvgIpc) is 2.46. The minimum Gasteiger partial charge on any atom is -0.387 e. The molecule has 0 aromatic heterocycles. The molecule has 0 unspecified atom stereocenters. The molecule has 3 nitrogen and oxygen atoms in total. The van der Waals surface area contributed by atoms with Crippen LogP contribution in [0, 0.1) is 12.7 Å². The molecule has 0 saturated heterocycles. The Bertz CT molecular complexity index is 608.